The van der Waals surface area contributed by atoms with Crippen molar-refractivity contribution in [2.24, 2.45) is 0 Å². The minimum atomic E-state index is -0.874. The molecule has 1 atom stereocenters. The lowest BCUT2D eigenvalue weighted by Crippen LogP contribution is -2.52. The van der Waals surface area contributed by atoms with E-state index >= 15 is 0 Å². The summed E-state index contributed by atoms with van der Waals surface area (Å²) < 4.78 is 21.1. The van der Waals surface area contributed by atoms with E-state index in [1.165, 1.54) is 23.1 Å². The Bertz CT molecular complexity index is 1560. The number of carbonyl (C=O) groups excluding carboxylic acids is 2. The number of benzene rings is 2. The third-order valence-electron chi connectivity index (χ3n) is 6.66. The standard InChI is InChI=1S/C29H34FN5O5/c1-18-11-12-23(14-19(18)2)35-28(39)34(16-20-8-6-9-21(30)15-20)26(37)24(32-35)25(36)33-13-7-10-22(17-33)31-27(38)40-29(3,4)5/h6,8-9,11-12,14-15,22H,7,10,13,16-17H2,1-5H3,(H,31,38)/t22-/m0/s1. The van der Waals surface area contributed by atoms with Crippen molar-refractivity contribution >= 4 is 12.0 Å². The van der Waals surface area contributed by atoms with E-state index in [1.807, 2.05) is 19.9 Å². The van der Waals surface area contributed by atoms with Gasteiger partial charge in [0.15, 0.2) is 0 Å². The molecule has 212 valence electrons. The molecule has 2 amide bonds. The molecule has 10 nitrogen and oxygen atoms in total. The average molecular weight is 552 g/mol. The second-order valence-corrected chi connectivity index (χ2v) is 11.1. The van der Waals surface area contributed by atoms with Gasteiger partial charge >= 0.3 is 11.8 Å². The highest BCUT2D eigenvalue weighted by molar-refractivity contribution is 5.92. The number of nitrogens with one attached hydrogen (secondary N) is 1. The molecule has 4 rings (SSSR count). The van der Waals surface area contributed by atoms with Gasteiger partial charge in [-0.3, -0.25) is 14.2 Å². The Morgan fingerprint density at radius 2 is 1.85 bits per heavy atom. The first-order valence-electron chi connectivity index (χ1n) is 13.2. The summed E-state index contributed by atoms with van der Waals surface area (Å²) in [5.41, 5.74) is -0.0706. The number of likely N-dealkylation sites (tertiary alicyclic amines) is 1. The molecule has 3 aromatic rings. The Morgan fingerprint density at radius 1 is 1.10 bits per heavy atom. The summed E-state index contributed by atoms with van der Waals surface area (Å²) >= 11 is 0. The Labute approximate surface area is 231 Å². The fourth-order valence-corrected chi connectivity index (χ4v) is 4.54. The number of alkyl carbamates (subject to hydrolysis) is 1. The zero-order valence-corrected chi connectivity index (χ0v) is 23.4. The zero-order chi connectivity index (χ0) is 29.2. The lowest BCUT2D eigenvalue weighted by molar-refractivity contribution is 0.0450. The van der Waals surface area contributed by atoms with Gasteiger partial charge in [-0.05, 0) is 88.4 Å². The topological polar surface area (TPSA) is 116 Å². The molecule has 0 radical (unpaired) electrons. The highest BCUT2D eigenvalue weighted by Crippen LogP contribution is 2.15. The number of ether oxygens (including phenoxy) is 1. The Hall–Kier alpha value is -4.28. The van der Waals surface area contributed by atoms with Crippen LogP contribution in [0.1, 0.15) is 60.8 Å². The van der Waals surface area contributed by atoms with Gasteiger partial charge in [-0.15, -0.1) is 0 Å². The first-order valence-corrected chi connectivity index (χ1v) is 13.2. The van der Waals surface area contributed by atoms with Crippen LogP contribution in [0.3, 0.4) is 0 Å². The van der Waals surface area contributed by atoms with Gasteiger partial charge in [0.05, 0.1) is 12.2 Å². The van der Waals surface area contributed by atoms with Crippen molar-refractivity contribution in [1.82, 2.24) is 24.6 Å². The number of halogens is 1. The molecule has 1 aliphatic rings. The molecule has 1 saturated heterocycles. The number of hydrogen-bond donors (Lipinski definition) is 1. The molecule has 0 saturated carbocycles. The van der Waals surface area contributed by atoms with Gasteiger partial charge in [-0.1, -0.05) is 18.2 Å². The van der Waals surface area contributed by atoms with E-state index in [9.17, 15) is 23.6 Å². The summed E-state index contributed by atoms with van der Waals surface area (Å²) in [7, 11) is 0. The number of aromatic nitrogens is 3. The van der Waals surface area contributed by atoms with E-state index in [2.05, 4.69) is 10.4 Å². The average Bonchev–Trinajstić information content (AvgIpc) is 2.87. The predicted octanol–water partition coefficient (Wildman–Crippen LogP) is 3.33. The summed E-state index contributed by atoms with van der Waals surface area (Å²) in [6.45, 7) is 9.32. The Kier molecular flexibility index (Phi) is 8.22. The van der Waals surface area contributed by atoms with Crippen LogP contribution in [0, 0.1) is 19.7 Å². The predicted molar refractivity (Wildman–Crippen MR) is 147 cm³/mol. The molecule has 1 N–H and O–H groups in total. The number of piperidine rings is 1. The molecule has 0 unspecified atom stereocenters. The van der Waals surface area contributed by atoms with Crippen molar-refractivity contribution in [3.63, 3.8) is 0 Å². The van der Waals surface area contributed by atoms with Crippen molar-refractivity contribution in [3.8, 4) is 5.69 Å². The quantitative estimate of drug-likeness (QED) is 0.520. The lowest BCUT2D eigenvalue weighted by atomic mass is 10.1. The normalized spacial score (nSPS) is 15.6. The zero-order valence-electron chi connectivity index (χ0n) is 23.4. The van der Waals surface area contributed by atoms with Crippen molar-refractivity contribution in [1.29, 1.82) is 0 Å². The molecule has 0 bridgehead atoms. The summed E-state index contributed by atoms with van der Waals surface area (Å²) in [6.07, 6.45) is 0.619. The van der Waals surface area contributed by atoms with Gasteiger partial charge in [0, 0.05) is 19.1 Å². The highest BCUT2D eigenvalue weighted by Gasteiger charge is 2.30. The second kappa shape index (κ2) is 11.4. The maximum Gasteiger partial charge on any atom is 0.407 e. The molecule has 1 aliphatic heterocycles. The van der Waals surface area contributed by atoms with Gasteiger partial charge in [0.25, 0.3) is 11.5 Å². The van der Waals surface area contributed by atoms with Gasteiger partial charge < -0.3 is 15.0 Å². The monoisotopic (exact) mass is 551 g/mol. The van der Waals surface area contributed by atoms with Crippen molar-refractivity contribution < 1.29 is 18.7 Å². The molecule has 1 aromatic heterocycles. The van der Waals surface area contributed by atoms with Crippen LogP contribution in [0.5, 0.6) is 0 Å². The van der Waals surface area contributed by atoms with Crippen LogP contribution in [-0.2, 0) is 11.3 Å². The van der Waals surface area contributed by atoms with Crippen LogP contribution in [0.15, 0.2) is 52.1 Å². The summed E-state index contributed by atoms with van der Waals surface area (Å²) in [4.78, 5) is 54.5. The highest BCUT2D eigenvalue weighted by atomic mass is 19.1. The van der Waals surface area contributed by atoms with Gasteiger partial charge in [-0.2, -0.15) is 9.78 Å². The van der Waals surface area contributed by atoms with Gasteiger partial charge in [-0.25, -0.2) is 14.0 Å². The second-order valence-electron chi connectivity index (χ2n) is 11.1. The van der Waals surface area contributed by atoms with Crippen LogP contribution in [0.25, 0.3) is 5.69 Å². The van der Waals surface area contributed by atoms with Crippen LogP contribution in [-0.4, -0.2) is 56.0 Å². The molecule has 2 aromatic carbocycles. The maximum atomic E-state index is 13.9. The smallest absolute Gasteiger partial charge is 0.407 e. The minimum absolute atomic E-state index is 0.145. The van der Waals surface area contributed by atoms with E-state index in [4.69, 9.17) is 4.74 Å². The van der Waals surface area contributed by atoms with Gasteiger partial charge in [0.1, 0.15) is 11.4 Å². The lowest BCUT2D eigenvalue weighted by Gasteiger charge is -2.33. The fraction of sp³-hybridized carbons (Fsp3) is 0.414. The molecule has 0 spiro atoms. The van der Waals surface area contributed by atoms with Crippen molar-refractivity contribution in [2.75, 3.05) is 13.1 Å². The molecule has 1 fully saturated rings. The van der Waals surface area contributed by atoms with E-state index in [1.54, 1.807) is 39.0 Å². The number of carbonyl (C=O) groups is 2. The van der Waals surface area contributed by atoms with Gasteiger partial charge in [0.2, 0.25) is 5.69 Å². The number of rotatable bonds is 5. The van der Waals surface area contributed by atoms with Crippen molar-refractivity contribution in [3.05, 3.63) is 91.5 Å². The number of amides is 2. The first-order chi connectivity index (χ1) is 18.8. The Morgan fingerprint density at radius 3 is 2.52 bits per heavy atom. The summed E-state index contributed by atoms with van der Waals surface area (Å²) in [5.74, 6) is -1.17. The Balaban J connectivity index is 1.72. The molecule has 40 heavy (non-hydrogen) atoms. The SMILES string of the molecule is Cc1ccc(-n2nc(C(=O)N3CCC[C@H](NC(=O)OC(C)(C)C)C3)c(=O)n(Cc3cccc(F)c3)c2=O)cc1C. The third kappa shape index (κ3) is 6.64. The van der Waals surface area contributed by atoms with Crippen molar-refractivity contribution in [2.45, 2.75) is 65.6 Å². The number of hydrogen-bond acceptors (Lipinski definition) is 6. The summed E-state index contributed by atoms with van der Waals surface area (Å²) in [6, 6.07) is 10.4. The van der Waals surface area contributed by atoms with Crippen LogP contribution in [0.4, 0.5) is 9.18 Å². The van der Waals surface area contributed by atoms with E-state index in [-0.39, 0.29) is 19.1 Å². The van der Waals surface area contributed by atoms with Crippen LogP contribution < -0.4 is 16.6 Å². The molecular weight excluding hydrogens is 517 g/mol. The molecule has 0 aliphatic carbocycles. The molecule has 2 heterocycles. The van der Waals surface area contributed by atoms with E-state index < -0.39 is 40.4 Å². The number of aryl methyl sites for hydroxylation is 2. The molecular formula is C29H34FN5O5. The van der Waals surface area contributed by atoms with E-state index in [0.29, 0.717) is 30.6 Å². The molecule has 11 heteroatoms. The van der Waals surface area contributed by atoms with E-state index in [0.717, 1.165) is 20.4 Å². The maximum absolute atomic E-state index is 13.9. The van der Waals surface area contributed by atoms with Crippen LogP contribution in [0.2, 0.25) is 0 Å². The minimum Gasteiger partial charge on any atom is -0.444 e. The largest absolute Gasteiger partial charge is 0.444 e. The number of nitrogens with zero attached hydrogens (tertiary/aromatic N) is 4. The third-order valence-corrected chi connectivity index (χ3v) is 6.66. The first kappa shape index (κ1) is 28.7. The summed E-state index contributed by atoms with van der Waals surface area (Å²) in [5, 5.41) is 7.02. The van der Waals surface area contributed by atoms with Crippen LogP contribution >= 0.6 is 0 Å². The fourth-order valence-electron chi connectivity index (χ4n) is 4.54.